The second kappa shape index (κ2) is 7.55. The van der Waals surface area contributed by atoms with E-state index in [2.05, 4.69) is 4.99 Å². The van der Waals surface area contributed by atoms with Crippen LogP contribution in [0.4, 0.5) is 0 Å². The minimum Gasteiger partial charge on any atom is -0.493 e. The summed E-state index contributed by atoms with van der Waals surface area (Å²) in [5.74, 6) is 0.888. The van der Waals surface area contributed by atoms with Crippen molar-refractivity contribution in [1.82, 2.24) is 4.57 Å². The molecule has 0 bridgehead atoms. The number of carbonyl (C=O) groups excluding carboxylic acids is 1. The molecular weight excluding hydrogens is 420 g/mol. The zero-order chi connectivity index (χ0) is 20.7. The van der Waals surface area contributed by atoms with E-state index in [1.54, 1.807) is 28.9 Å². The monoisotopic (exact) mass is 436 g/mol. The molecule has 0 unspecified atom stereocenters. The zero-order valence-electron chi connectivity index (χ0n) is 15.7. The SMILES string of the molecule is O=C1N=c2cc3c(cc2=C/C1=C/c1sc(=S)n(CCc2ccccc2)c1O)OCO3. The fourth-order valence-corrected chi connectivity index (χ4v) is 4.71. The molecule has 2 aromatic carbocycles. The molecule has 3 heterocycles. The molecule has 0 spiro atoms. The number of benzene rings is 2. The molecule has 0 aliphatic carbocycles. The Balaban J connectivity index is 1.48. The van der Waals surface area contributed by atoms with E-state index < -0.39 is 0 Å². The number of rotatable bonds is 4. The van der Waals surface area contributed by atoms with Gasteiger partial charge in [0.2, 0.25) is 12.7 Å². The second-order valence-electron chi connectivity index (χ2n) is 6.87. The number of aryl methyl sites for hydroxylation is 1. The lowest BCUT2D eigenvalue weighted by Gasteiger charge is -2.06. The number of hydrogen-bond acceptors (Lipinski definition) is 6. The molecule has 30 heavy (non-hydrogen) atoms. The number of thiazole rings is 1. The smallest absolute Gasteiger partial charge is 0.277 e. The normalized spacial score (nSPS) is 15.6. The van der Waals surface area contributed by atoms with Crippen molar-refractivity contribution in [2.75, 3.05) is 6.79 Å². The standard InChI is InChI=1S/C22H16N2O4S2/c25-20-15(8-14-9-17-18(28-12-27-17)11-16(14)23-20)10-19-21(26)24(22(29)30-19)7-6-13-4-2-1-3-5-13/h1-5,8-11,26H,6-7,12H2/b15-10-. The first kappa shape index (κ1) is 18.8. The van der Waals surface area contributed by atoms with Gasteiger partial charge in [0, 0.05) is 23.4 Å². The maximum atomic E-state index is 12.5. The largest absolute Gasteiger partial charge is 0.493 e. The summed E-state index contributed by atoms with van der Waals surface area (Å²) in [4.78, 5) is 17.2. The van der Waals surface area contributed by atoms with Crippen molar-refractivity contribution in [2.24, 2.45) is 4.99 Å². The highest BCUT2D eigenvalue weighted by molar-refractivity contribution is 7.73. The Morgan fingerprint density at radius 2 is 1.97 bits per heavy atom. The van der Waals surface area contributed by atoms with Crippen LogP contribution >= 0.6 is 23.6 Å². The highest BCUT2D eigenvalue weighted by atomic mass is 32.1. The van der Waals surface area contributed by atoms with E-state index in [4.69, 9.17) is 21.7 Å². The van der Waals surface area contributed by atoms with Gasteiger partial charge in [-0.1, -0.05) is 30.3 Å². The number of fused-ring (bicyclic) bond motifs is 2. The first-order valence-corrected chi connectivity index (χ1v) is 10.5. The van der Waals surface area contributed by atoms with Crippen molar-refractivity contribution >= 4 is 41.6 Å². The molecule has 0 fully saturated rings. The summed E-state index contributed by atoms with van der Waals surface area (Å²) in [5, 5.41) is 12.0. The number of hydrogen-bond donors (Lipinski definition) is 1. The van der Waals surface area contributed by atoms with Crippen molar-refractivity contribution in [1.29, 1.82) is 0 Å². The molecule has 0 atom stereocenters. The Kier molecular flexibility index (Phi) is 4.72. The molecule has 3 aromatic rings. The summed E-state index contributed by atoms with van der Waals surface area (Å²) in [6, 6.07) is 13.5. The Morgan fingerprint density at radius 3 is 2.77 bits per heavy atom. The quantitative estimate of drug-likeness (QED) is 0.503. The van der Waals surface area contributed by atoms with Crippen LogP contribution < -0.4 is 20.0 Å². The van der Waals surface area contributed by atoms with Gasteiger partial charge in [0.25, 0.3) is 5.91 Å². The van der Waals surface area contributed by atoms with Crippen molar-refractivity contribution in [3.05, 3.63) is 73.0 Å². The number of ether oxygens (including phenoxy) is 2. The highest BCUT2D eigenvalue weighted by Crippen LogP contribution is 2.30. The molecule has 1 aromatic heterocycles. The highest BCUT2D eigenvalue weighted by Gasteiger charge is 2.19. The minimum absolute atomic E-state index is 0.0612. The second-order valence-corrected chi connectivity index (χ2v) is 8.54. The van der Waals surface area contributed by atoms with Gasteiger partial charge in [-0.15, -0.1) is 11.3 Å². The maximum absolute atomic E-state index is 12.5. The topological polar surface area (TPSA) is 73.1 Å². The van der Waals surface area contributed by atoms with Gasteiger partial charge in [-0.25, -0.2) is 4.99 Å². The molecule has 0 saturated heterocycles. The summed E-state index contributed by atoms with van der Waals surface area (Å²) >= 11 is 6.70. The summed E-state index contributed by atoms with van der Waals surface area (Å²) in [6.07, 6.45) is 4.12. The zero-order valence-corrected chi connectivity index (χ0v) is 17.3. The van der Waals surface area contributed by atoms with Gasteiger partial charge >= 0.3 is 0 Å². The summed E-state index contributed by atoms with van der Waals surface area (Å²) in [7, 11) is 0. The maximum Gasteiger partial charge on any atom is 0.277 e. The number of amides is 1. The number of carbonyl (C=O) groups is 1. The summed E-state index contributed by atoms with van der Waals surface area (Å²) < 4.78 is 13.0. The van der Waals surface area contributed by atoms with Crippen LogP contribution in [0.25, 0.3) is 12.2 Å². The molecule has 1 N–H and O–H groups in total. The third kappa shape index (κ3) is 3.44. The van der Waals surface area contributed by atoms with Crippen molar-refractivity contribution in [3.63, 3.8) is 0 Å². The molecular formula is C22H16N2O4S2. The molecule has 5 rings (SSSR count). The predicted molar refractivity (Wildman–Crippen MR) is 116 cm³/mol. The molecule has 8 heteroatoms. The van der Waals surface area contributed by atoms with Crippen LogP contribution in [0.1, 0.15) is 10.4 Å². The van der Waals surface area contributed by atoms with E-state index in [-0.39, 0.29) is 18.6 Å². The van der Waals surface area contributed by atoms with Gasteiger partial charge in [0.15, 0.2) is 15.5 Å². The molecule has 2 aliphatic rings. The van der Waals surface area contributed by atoms with E-state index in [0.717, 1.165) is 17.2 Å². The van der Waals surface area contributed by atoms with Crippen molar-refractivity contribution in [3.8, 4) is 17.4 Å². The van der Waals surface area contributed by atoms with E-state index >= 15 is 0 Å². The van der Waals surface area contributed by atoms with Crippen molar-refractivity contribution < 1.29 is 19.4 Å². The van der Waals surface area contributed by atoms with E-state index in [0.29, 0.717) is 37.8 Å². The first-order chi connectivity index (χ1) is 14.6. The van der Waals surface area contributed by atoms with Crippen LogP contribution in [-0.2, 0) is 17.8 Å². The average Bonchev–Trinajstić information content (AvgIpc) is 3.30. The molecule has 6 nitrogen and oxygen atoms in total. The molecule has 0 radical (unpaired) electrons. The van der Waals surface area contributed by atoms with E-state index in [1.165, 1.54) is 11.3 Å². The fourth-order valence-electron chi connectivity index (χ4n) is 3.40. The molecule has 150 valence electrons. The lowest BCUT2D eigenvalue weighted by Crippen LogP contribution is -2.30. The fraction of sp³-hybridized carbons (Fsp3) is 0.136. The van der Waals surface area contributed by atoms with Gasteiger partial charge in [-0.05, 0) is 42.4 Å². The lowest BCUT2D eigenvalue weighted by molar-refractivity contribution is -0.114. The van der Waals surface area contributed by atoms with Gasteiger partial charge in [-0.3, -0.25) is 9.36 Å². The van der Waals surface area contributed by atoms with Crippen LogP contribution in [0.5, 0.6) is 17.4 Å². The third-order valence-electron chi connectivity index (χ3n) is 4.95. The molecule has 0 saturated carbocycles. The lowest BCUT2D eigenvalue weighted by atomic mass is 10.1. The van der Waals surface area contributed by atoms with Crippen molar-refractivity contribution in [2.45, 2.75) is 13.0 Å². The van der Waals surface area contributed by atoms with Crippen LogP contribution in [0.15, 0.2) is 53.0 Å². The Labute approximate surface area is 180 Å². The Morgan fingerprint density at radius 1 is 1.20 bits per heavy atom. The van der Waals surface area contributed by atoms with Gasteiger partial charge in [0.1, 0.15) is 0 Å². The Bertz CT molecular complexity index is 1370. The van der Waals surface area contributed by atoms with Crippen LogP contribution in [0.3, 0.4) is 0 Å². The van der Waals surface area contributed by atoms with Crippen LogP contribution in [-0.4, -0.2) is 22.4 Å². The van der Waals surface area contributed by atoms with E-state index in [1.807, 2.05) is 30.3 Å². The van der Waals surface area contributed by atoms with Crippen LogP contribution in [0.2, 0.25) is 0 Å². The Hall–Kier alpha value is -3.23. The predicted octanol–water partition coefficient (Wildman–Crippen LogP) is 2.98. The summed E-state index contributed by atoms with van der Waals surface area (Å²) in [5.41, 5.74) is 1.54. The average molecular weight is 437 g/mol. The van der Waals surface area contributed by atoms with Gasteiger partial charge in [-0.2, -0.15) is 0 Å². The number of aromatic nitrogens is 1. The number of aromatic hydroxyl groups is 1. The van der Waals surface area contributed by atoms with Gasteiger partial charge < -0.3 is 14.6 Å². The number of nitrogens with zero attached hydrogens (tertiary/aromatic N) is 2. The summed E-state index contributed by atoms with van der Waals surface area (Å²) in [6.45, 7) is 0.714. The minimum atomic E-state index is -0.379. The van der Waals surface area contributed by atoms with Crippen LogP contribution in [0, 0.1) is 3.95 Å². The van der Waals surface area contributed by atoms with E-state index in [9.17, 15) is 9.90 Å². The third-order valence-corrected chi connectivity index (χ3v) is 6.33. The van der Waals surface area contributed by atoms with Gasteiger partial charge in [0.05, 0.1) is 10.2 Å². The molecule has 1 amide bonds. The first-order valence-electron chi connectivity index (χ1n) is 9.31. The molecule has 2 aliphatic heterocycles.